The van der Waals surface area contributed by atoms with Crippen molar-refractivity contribution in [2.45, 2.75) is 77.8 Å². The molecule has 21 heavy (non-hydrogen) atoms. The Labute approximate surface area is 127 Å². The predicted octanol–water partition coefficient (Wildman–Crippen LogP) is 3.15. The predicted molar refractivity (Wildman–Crippen MR) is 83.1 cm³/mol. The van der Waals surface area contributed by atoms with E-state index in [-0.39, 0.29) is 11.8 Å². The van der Waals surface area contributed by atoms with E-state index >= 15 is 0 Å². The summed E-state index contributed by atoms with van der Waals surface area (Å²) in [5.74, 6) is 0.160. The highest BCUT2D eigenvalue weighted by Crippen LogP contribution is 2.34. The molecule has 1 aromatic rings. The SMILES string of the molecule is CC(C)C(=O)NCc1nn(C2CCCC2)c2c1CCCC2. The number of carbonyl (C=O) groups is 1. The van der Waals surface area contributed by atoms with Gasteiger partial charge in [-0.3, -0.25) is 9.48 Å². The molecule has 1 fully saturated rings. The van der Waals surface area contributed by atoms with Gasteiger partial charge in [0.25, 0.3) is 0 Å². The van der Waals surface area contributed by atoms with Crippen LogP contribution in [0.2, 0.25) is 0 Å². The standard InChI is InChI=1S/C17H27N3O/c1-12(2)17(21)18-11-15-14-9-5-6-10-16(14)20(19-15)13-7-3-4-8-13/h12-13H,3-11H2,1-2H3,(H,18,21). The fourth-order valence-electron chi connectivity index (χ4n) is 3.67. The summed E-state index contributed by atoms with van der Waals surface area (Å²) in [6, 6.07) is 0.603. The van der Waals surface area contributed by atoms with Crippen molar-refractivity contribution in [1.82, 2.24) is 15.1 Å². The van der Waals surface area contributed by atoms with Crippen LogP contribution in [0.1, 0.15) is 75.4 Å². The number of amides is 1. The molecule has 4 nitrogen and oxygen atoms in total. The number of rotatable bonds is 4. The van der Waals surface area contributed by atoms with Crippen molar-refractivity contribution < 1.29 is 4.79 Å². The summed E-state index contributed by atoms with van der Waals surface area (Å²) >= 11 is 0. The van der Waals surface area contributed by atoms with Crippen LogP contribution in [-0.4, -0.2) is 15.7 Å². The van der Waals surface area contributed by atoms with Gasteiger partial charge in [0, 0.05) is 11.6 Å². The molecule has 0 atom stereocenters. The van der Waals surface area contributed by atoms with Gasteiger partial charge < -0.3 is 5.32 Å². The molecule has 1 heterocycles. The molecule has 1 saturated carbocycles. The summed E-state index contributed by atoms with van der Waals surface area (Å²) in [7, 11) is 0. The highest BCUT2D eigenvalue weighted by molar-refractivity contribution is 5.77. The number of hydrogen-bond acceptors (Lipinski definition) is 2. The van der Waals surface area contributed by atoms with Crippen molar-refractivity contribution in [1.29, 1.82) is 0 Å². The molecule has 3 rings (SSSR count). The zero-order valence-corrected chi connectivity index (χ0v) is 13.3. The summed E-state index contributed by atoms with van der Waals surface area (Å²) < 4.78 is 2.32. The molecule has 1 aromatic heterocycles. The summed E-state index contributed by atoms with van der Waals surface area (Å²) in [5.41, 5.74) is 4.00. The molecule has 0 saturated heterocycles. The Morgan fingerprint density at radius 1 is 1.24 bits per heavy atom. The Morgan fingerprint density at radius 2 is 1.95 bits per heavy atom. The molecule has 1 N–H and O–H groups in total. The van der Waals surface area contributed by atoms with Gasteiger partial charge >= 0.3 is 0 Å². The minimum Gasteiger partial charge on any atom is -0.350 e. The molecule has 1 amide bonds. The molecule has 116 valence electrons. The van der Waals surface area contributed by atoms with Crippen LogP contribution in [0.15, 0.2) is 0 Å². The number of nitrogens with one attached hydrogen (secondary N) is 1. The first kappa shape index (κ1) is 14.6. The number of carbonyl (C=O) groups excluding carboxylic acids is 1. The molecule has 0 spiro atoms. The summed E-state index contributed by atoms with van der Waals surface area (Å²) in [4.78, 5) is 11.8. The summed E-state index contributed by atoms with van der Waals surface area (Å²) in [5, 5.41) is 7.94. The average molecular weight is 289 g/mol. The maximum atomic E-state index is 11.8. The summed E-state index contributed by atoms with van der Waals surface area (Å²) in [6.07, 6.45) is 10.0. The molecule has 2 aliphatic rings. The van der Waals surface area contributed by atoms with Gasteiger partial charge in [-0.25, -0.2) is 0 Å². The van der Waals surface area contributed by atoms with Crippen LogP contribution in [0.4, 0.5) is 0 Å². The fraction of sp³-hybridized carbons (Fsp3) is 0.765. The largest absolute Gasteiger partial charge is 0.350 e. The van der Waals surface area contributed by atoms with E-state index in [1.165, 1.54) is 49.8 Å². The smallest absolute Gasteiger partial charge is 0.222 e. The van der Waals surface area contributed by atoms with Gasteiger partial charge in [-0.1, -0.05) is 26.7 Å². The van der Waals surface area contributed by atoms with Crippen molar-refractivity contribution in [3.8, 4) is 0 Å². The van der Waals surface area contributed by atoms with Crippen molar-refractivity contribution in [3.63, 3.8) is 0 Å². The molecule has 4 heteroatoms. The Bertz CT molecular complexity index is 512. The van der Waals surface area contributed by atoms with Gasteiger partial charge in [-0.15, -0.1) is 0 Å². The van der Waals surface area contributed by atoms with Gasteiger partial charge in [-0.2, -0.15) is 5.10 Å². The van der Waals surface area contributed by atoms with Gasteiger partial charge in [0.1, 0.15) is 0 Å². The van der Waals surface area contributed by atoms with Crippen LogP contribution in [0.5, 0.6) is 0 Å². The van der Waals surface area contributed by atoms with Gasteiger partial charge in [0.05, 0.1) is 18.3 Å². The lowest BCUT2D eigenvalue weighted by Gasteiger charge is -2.18. The van der Waals surface area contributed by atoms with E-state index < -0.39 is 0 Å². The third kappa shape index (κ3) is 2.99. The van der Waals surface area contributed by atoms with Crippen LogP contribution in [-0.2, 0) is 24.2 Å². The second-order valence-electron chi connectivity index (χ2n) is 6.83. The molecular formula is C17H27N3O. The van der Waals surface area contributed by atoms with Gasteiger partial charge in [-0.05, 0) is 44.1 Å². The molecule has 0 radical (unpaired) electrons. The first-order chi connectivity index (χ1) is 10.2. The first-order valence-electron chi connectivity index (χ1n) is 8.53. The van der Waals surface area contributed by atoms with Crippen LogP contribution >= 0.6 is 0 Å². The van der Waals surface area contributed by atoms with Crippen LogP contribution < -0.4 is 5.32 Å². The zero-order chi connectivity index (χ0) is 14.8. The number of hydrogen-bond donors (Lipinski definition) is 1. The monoisotopic (exact) mass is 289 g/mol. The van der Waals surface area contributed by atoms with E-state index in [4.69, 9.17) is 5.10 Å². The lowest BCUT2D eigenvalue weighted by Crippen LogP contribution is -2.27. The zero-order valence-electron chi connectivity index (χ0n) is 13.3. The molecular weight excluding hydrogens is 262 g/mol. The van der Waals surface area contributed by atoms with Crippen LogP contribution in [0, 0.1) is 5.92 Å². The third-order valence-electron chi connectivity index (χ3n) is 4.92. The lowest BCUT2D eigenvalue weighted by molar-refractivity contribution is -0.124. The van der Waals surface area contributed by atoms with E-state index in [0.717, 1.165) is 18.5 Å². The average Bonchev–Trinajstić information content (AvgIpc) is 3.12. The second-order valence-corrected chi connectivity index (χ2v) is 6.83. The molecule has 0 unspecified atom stereocenters. The highest BCUT2D eigenvalue weighted by atomic mass is 16.1. The minimum atomic E-state index is 0.0396. The van der Waals surface area contributed by atoms with Crippen LogP contribution in [0.25, 0.3) is 0 Å². The fourth-order valence-corrected chi connectivity index (χ4v) is 3.67. The minimum absolute atomic E-state index is 0.0396. The molecule has 0 bridgehead atoms. The Morgan fingerprint density at radius 3 is 2.67 bits per heavy atom. The third-order valence-corrected chi connectivity index (χ3v) is 4.92. The molecule has 0 aliphatic heterocycles. The maximum absolute atomic E-state index is 11.8. The van der Waals surface area contributed by atoms with Gasteiger partial charge in [0.15, 0.2) is 0 Å². The Kier molecular flexibility index (Phi) is 4.32. The maximum Gasteiger partial charge on any atom is 0.222 e. The Hall–Kier alpha value is -1.32. The van der Waals surface area contributed by atoms with Crippen molar-refractivity contribution in [3.05, 3.63) is 17.0 Å². The van der Waals surface area contributed by atoms with Crippen molar-refractivity contribution in [2.24, 2.45) is 5.92 Å². The number of nitrogens with zero attached hydrogens (tertiary/aromatic N) is 2. The number of fused-ring (bicyclic) bond motifs is 1. The number of aromatic nitrogens is 2. The lowest BCUT2D eigenvalue weighted by atomic mass is 9.95. The topological polar surface area (TPSA) is 46.9 Å². The van der Waals surface area contributed by atoms with E-state index in [0.29, 0.717) is 12.6 Å². The van der Waals surface area contributed by atoms with Gasteiger partial charge in [0.2, 0.25) is 5.91 Å². The molecule has 2 aliphatic carbocycles. The first-order valence-corrected chi connectivity index (χ1v) is 8.53. The summed E-state index contributed by atoms with van der Waals surface area (Å²) in [6.45, 7) is 4.46. The van der Waals surface area contributed by atoms with E-state index in [1.54, 1.807) is 0 Å². The molecule has 0 aromatic carbocycles. The second kappa shape index (κ2) is 6.20. The van der Waals surface area contributed by atoms with Crippen LogP contribution in [0.3, 0.4) is 0 Å². The van der Waals surface area contributed by atoms with Crippen molar-refractivity contribution in [2.75, 3.05) is 0 Å². The normalized spacial score (nSPS) is 19.0. The quantitative estimate of drug-likeness (QED) is 0.925. The van der Waals surface area contributed by atoms with Crippen molar-refractivity contribution >= 4 is 5.91 Å². The Balaban J connectivity index is 1.81. The van der Waals surface area contributed by atoms with E-state index in [9.17, 15) is 4.79 Å². The van der Waals surface area contributed by atoms with E-state index in [2.05, 4.69) is 10.00 Å². The highest BCUT2D eigenvalue weighted by Gasteiger charge is 2.26. The van der Waals surface area contributed by atoms with E-state index in [1.807, 2.05) is 13.8 Å².